The standard InChI is InChI=1S/C26H25N9O2S/c1-34(26-28-8-14(9-29-26)23(27)36)13-17-7-21-22(38-17)25(35-11-15-5-6-16(12-35)37-15)32-24(31-21)18-3-2-4-20-19(18)10-30-33-20/h2-4,7-10,15-16H,5-6,11-13H2,1H3,(H2,27,36)(H,30,33). The molecule has 5 aromatic rings. The largest absolute Gasteiger partial charge is 0.371 e. The molecule has 0 saturated carbocycles. The predicted molar refractivity (Wildman–Crippen MR) is 145 cm³/mol. The van der Waals surface area contributed by atoms with Gasteiger partial charge in [-0.2, -0.15) is 5.10 Å². The van der Waals surface area contributed by atoms with Crippen molar-refractivity contribution in [3.8, 4) is 11.4 Å². The number of hydrogen-bond donors (Lipinski definition) is 2. The lowest BCUT2D eigenvalue weighted by atomic mass is 10.1. The van der Waals surface area contributed by atoms with Crippen LogP contribution in [0.2, 0.25) is 0 Å². The Balaban J connectivity index is 1.29. The normalized spacial score (nSPS) is 18.9. The van der Waals surface area contributed by atoms with Crippen LogP contribution in [0.15, 0.2) is 42.9 Å². The van der Waals surface area contributed by atoms with E-state index in [1.54, 1.807) is 11.3 Å². The molecule has 11 nitrogen and oxygen atoms in total. The number of thiophene rings is 1. The van der Waals surface area contributed by atoms with Gasteiger partial charge in [-0.15, -0.1) is 11.3 Å². The SMILES string of the molecule is CN(Cc1cc2nc(-c3cccc4[nH]ncc34)nc(N3CC4CCC(C3)O4)c2s1)c1ncc(C(N)=O)cn1. The van der Waals surface area contributed by atoms with Gasteiger partial charge in [0, 0.05) is 48.4 Å². The summed E-state index contributed by atoms with van der Waals surface area (Å²) in [7, 11) is 1.92. The second-order valence-corrected chi connectivity index (χ2v) is 10.9. The fourth-order valence-electron chi connectivity index (χ4n) is 5.28. The van der Waals surface area contributed by atoms with Gasteiger partial charge in [-0.25, -0.2) is 19.9 Å². The summed E-state index contributed by atoms with van der Waals surface area (Å²) in [4.78, 5) is 35.5. The number of primary amides is 1. The van der Waals surface area contributed by atoms with Crippen LogP contribution >= 0.6 is 11.3 Å². The fourth-order valence-corrected chi connectivity index (χ4v) is 6.44. The van der Waals surface area contributed by atoms with Crippen LogP contribution in [-0.4, -0.2) is 68.4 Å². The monoisotopic (exact) mass is 527 g/mol. The van der Waals surface area contributed by atoms with Gasteiger partial charge in [-0.1, -0.05) is 12.1 Å². The van der Waals surface area contributed by atoms with E-state index in [1.165, 1.54) is 12.4 Å². The molecule has 2 saturated heterocycles. The van der Waals surface area contributed by atoms with Gasteiger partial charge in [0.1, 0.15) is 0 Å². The molecule has 0 radical (unpaired) electrons. The number of nitrogens with one attached hydrogen (secondary N) is 1. The molecule has 7 rings (SSSR count). The van der Waals surface area contributed by atoms with E-state index in [1.807, 2.05) is 36.3 Å². The first-order chi connectivity index (χ1) is 18.5. The molecule has 2 unspecified atom stereocenters. The lowest BCUT2D eigenvalue weighted by molar-refractivity contribution is 0.0303. The highest BCUT2D eigenvalue weighted by Crippen LogP contribution is 2.38. The number of morpholine rings is 1. The molecule has 38 heavy (non-hydrogen) atoms. The van der Waals surface area contributed by atoms with E-state index in [0.717, 1.165) is 63.3 Å². The Bertz CT molecular complexity index is 1650. The van der Waals surface area contributed by atoms with Crippen molar-refractivity contribution in [1.29, 1.82) is 0 Å². The lowest BCUT2D eigenvalue weighted by Crippen LogP contribution is -2.43. The Labute approximate surface area is 221 Å². The molecule has 192 valence electrons. The van der Waals surface area contributed by atoms with E-state index in [9.17, 15) is 4.79 Å². The molecule has 3 N–H and O–H groups in total. The number of benzene rings is 1. The van der Waals surface area contributed by atoms with Crippen LogP contribution in [0.25, 0.3) is 32.5 Å². The number of carbonyl (C=O) groups is 1. The van der Waals surface area contributed by atoms with E-state index in [2.05, 4.69) is 31.1 Å². The fraction of sp³-hybridized carbons (Fsp3) is 0.308. The third-order valence-electron chi connectivity index (χ3n) is 7.13. The number of fused-ring (bicyclic) bond motifs is 4. The molecule has 0 spiro atoms. The Morgan fingerprint density at radius 3 is 2.74 bits per heavy atom. The zero-order chi connectivity index (χ0) is 25.8. The number of hydrogen-bond acceptors (Lipinski definition) is 10. The zero-order valence-corrected chi connectivity index (χ0v) is 21.5. The summed E-state index contributed by atoms with van der Waals surface area (Å²) in [5.41, 5.74) is 8.41. The number of amides is 1. The molecule has 6 heterocycles. The molecule has 12 heteroatoms. The highest BCUT2D eigenvalue weighted by atomic mass is 32.1. The van der Waals surface area contributed by atoms with Gasteiger partial charge in [0.25, 0.3) is 5.91 Å². The van der Waals surface area contributed by atoms with Crippen molar-refractivity contribution in [2.24, 2.45) is 5.73 Å². The number of aromatic nitrogens is 6. The summed E-state index contributed by atoms with van der Waals surface area (Å²) in [6.07, 6.45) is 7.38. The highest BCUT2D eigenvalue weighted by Gasteiger charge is 2.35. The number of ether oxygens (including phenoxy) is 1. The van der Waals surface area contributed by atoms with Crippen LogP contribution in [0.5, 0.6) is 0 Å². The van der Waals surface area contributed by atoms with Crippen LogP contribution in [0.3, 0.4) is 0 Å². The minimum absolute atomic E-state index is 0.241. The Hall–Kier alpha value is -4.16. The number of carbonyl (C=O) groups excluding carboxylic acids is 1. The quantitative estimate of drug-likeness (QED) is 0.341. The van der Waals surface area contributed by atoms with Gasteiger partial charge in [-0.05, 0) is 25.0 Å². The molecular formula is C26H25N9O2S. The van der Waals surface area contributed by atoms with Gasteiger partial charge in [-0.3, -0.25) is 9.89 Å². The Morgan fingerprint density at radius 2 is 1.97 bits per heavy atom. The summed E-state index contributed by atoms with van der Waals surface area (Å²) in [5.74, 6) is 1.59. The summed E-state index contributed by atoms with van der Waals surface area (Å²) in [6.45, 7) is 2.23. The Morgan fingerprint density at radius 1 is 1.18 bits per heavy atom. The summed E-state index contributed by atoms with van der Waals surface area (Å²) in [5, 5.41) is 8.26. The summed E-state index contributed by atoms with van der Waals surface area (Å²) in [6, 6.07) is 8.16. The number of anilines is 2. The number of nitrogens with two attached hydrogens (primary N) is 1. The van der Waals surface area contributed by atoms with Gasteiger partial charge in [0.2, 0.25) is 5.95 Å². The third-order valence-corrected chi connectivity index (χ3v) is 8.24. The Kier molecular flexibility index (Phi) is 5.44. The maximum Gasteiger partial charge on any atom is 0.251 e. The molecule has 1 aromatic carbocycles. The van der Waals surface area contributed by atoms with E-state index in [0.29, 0.717) is 18.3 Å². The van der Waals surface area contributed by atoms with Crippen molar-refractivity contribution >= 4 is 50.1 Å². The van der Waals surface area contributed by atoms with Gasteiger partial charge in [0.05, 0.1) is 46.2 Å². The van der Waals surface area contributed by atoms with Gasteiger partial charge < -0.3 is 20.3 Å². The second kappa shape index (κ2) is 8.99. The molecule has 2 atom stereocenters. The molecule has 1 amide bonds. The number of aromatic amines is 1. The minimum Gasteiger partial charge on any atom is -0.371 e. The molecule has 0 aliphatic carbocycles. The first kappa shape index (κ1) is 23.0. The number of nitrogens with zero attached hydrogens (tertiary/aromatic N) is 7. The maximum atomic E-state index is 11.4. The van der Waals surface area contributed by atoms with E-state index in [-0.39, 0.29) is 17.8 Å². The highest BCUT2D eigenvalue weighted by molar-refractivity contribution is 7.19. The van der Waals surface area contributed by atoms with Gasteiger partial charge in [0.15, 0.2) is 11.6 Å². The van der Waals surface area contributed by atoms with Crippen LogP contribution in [-0.2, 0) is 11.3 Å². The zero-order valence-electron chi connectivity index (χ0n) is 20.7. The van der Waals surface area contributed by atoms with Crippen LogP contribution in [0.4, 0.5) is 11.8 Å². The summed E-state index contributed by atoms with van der Waals surface area (Å²) >= 11 is 1.68. The lowest BCUT2D eigenvalue weighted by Gasteiger charge is -2.33. The average Bonchev–Trinajstić information content (AvgIpc) is 3.65. The first-order valence-electron chi connectivity index (χ1n) is 12.5. The van der Waals surface area contributed by atoms with Crippen molar-refractivity contribution < 1.29 is 9.53 Å². The molecule has 2 aliphatic heterocycles. The number of rotatable bonds is 6. The second-order valence-electron chi connectivity index (χ2n) is 9.79. The molecule has 4 aromatic heterocycles. The van der Waals surface area contributed by atoms with E-state index in [4.69, 9.17) is 20.4 Å². The summed E-state index contributed by atoms with van der Waals surface area (Å²) < 4.78 is 7.17. The smallest absolute Gasteiger partial charge is 0.251 e. The van der Waals surface area contributed by atoms with E-state index < -0.39 is 5.91 Å². The van der Waals surface area contributed by atoms with Crippen molar-refractivity contribution in [2.45, 2.75) is 31.6 Å². The van der Waals surface area contributed by atoms with Crippen LogP contribution in [0.1, 0.15) is 28.1 Å². The van der Waals surface area contributed by atoms with E-state index >= 15 is 0 Å². The first-order valence-corrected chi connectivity index (χ1v) is 13.3. The van der Waals surface area contributed by atoms with Crippen molar-refractivity contribution in [3.05, 3.63) is 53.3 Å². The minimum atomic E-state index is -0.548. The van der Waals surface area contributed by atoms with Crippen molar-refractivity contribution in [3.63, 3.8) is 0 Å². The van der Waals surface area contributed by atoms with Crippen molar-refractivity contribution in [1.82, 2.24) is 30.1 Å². The predicted octanol–water partition coefficient (Wildman–Crippen LogP) is 3.13. The van der Waals surface area contributed by atoms with Crippen LogP contribution in [0, 0.1) is 0 Å². The maximum absolute atomic E-state index is 11.4. The van der Waals surface area contributed by atoms with Crippen LogP contribution < -0.4 is 15.5 Å². The molecule has 2 bridgehead atoms. The third kappa shape index (κ3) is 4.02. The molecule has 2 aliphatic rings. The number of H-pyrrole nitrogens is 1. The average molecular weight is 528 g/mol. The van der Waals surface area contributed by atoms with Gasteiger partial charge >= 0.3 is 0 Å². The topological polar surface area (TPSA) is 139 Å². The molecular weight excluding hydrogens is 502 g/mol. The molecule has 2 fully saturated rings. The van der Waals surface area contributed by atoms with Crippen molar-refractivity contribution in [2.75, 3.05) is 29.9 Å².